The normalized spacial score (nSPS) is 11.4. The van der Waals surface area contributed by atoms with Crippen LogP contribution in [0.1, 0.15) is 19.3 Å². The molecule has 144 valence electrons. The van der Waals surface area contributed by atoms with E-state index in [1.807, 2.05) is 18.2 Å². The SMILES string of the molecule is COc1ccc2nc3ccccc3c(NCCCCCN(C)CCO)c2c1. The molecule has 0 fully saturated rings. The molecule has 0 saturated carbocycles. The standard InChI is InChI=1S/C22H29N3O2/c1-25(14-15-26)13-7-3-6-12-23-22-18-8-4-5-9-20(18)24-21-11-10-17(27-2)16-19(21)22/h4-5,8-11,16,26H,3,6-7,12-15H2,1-2H3,(H,23,24). The summed E-state index contributed by atoms with van der Waals surface area (Å²) < 4.78 is 5.41. The average molecular weight is 367 g/mol. The van der Waals surface area contributed by atoms with Crippen molar-refractivity contribution in [3.8, 4) is 5.75 Å². The molecule has 0 aliphatic heterocycles. The molecule has 0 spiro atoms. The second-order valence-electron chi connectivity index (χ2n) is 6.90. The summed E-state index contributed by atoms with van der Waals surface area (Å²) in [5, 5.41) is 14.8. The van der Waals surface area contributed by atoms with E-state index in [9.17, 15) is 0 Å². The van der Waals surface area contributed by atoms with Gasteiger partial charge in [-0.2, -0.15) is 0 Å². The molecule has 2 aromatic carbocycles. The topological polar surface area (TPSA) is 57.6 Å². The largest absolute Gasteiger partial charge is 0.497 e. The Kier molecular flexibility index (Phi) is 6.85. The highest BCUT2D eigenvalue weighted by atomic mass is 16.5. The molecule has 3 aromatic rings. The third kappa shape index (κ3) is 4.87. The second-order valence-corrected chi connectivity index (χ2v) is 6.90. The first-order valence-corrected chi connectivity index (χ1v) is 9.62. The van der Waals surface area contributed by atoms with Crippen LogP contribution in [0.3, 0.4) is 0 Å². The van der Waals surface area contributed by atoms with Crippen molar-refractivity contribution in [1.82, 2.24) is 9.88 Å². The number of likely N-dealkylation sites (N-methyl/N-ethyl adjacent to an activating group) is 1. The van der Waals surface area contributed by atoms with Gasteiger partial charge in [0.1, 0.15) is 5.75 Å². The Morgan fingerprint density at radius 3 is 2.63 bits per heavy atom. The van der Waals surface area contributed by atoms with Gasteiger partial charge in [0.2, 0.25) is 0 Å². The summed E-state index contributed by atoms with van der Waals surface area (Å²) in [6.45, 7) is 2.92. The fourth-order valence-corrected chi connectivity index (χ4v) is 3.37. The number of unbranched alkanes of at least 4 members (excludes halogenated alkanes) is 2. The van der Waals surface area contributed by atoms with Gasteiger partial charge in [-0.3, -0.25) is 0 Å². The van der Waals surface area contributed by atoms with Crippen LogP contribution in [-0.2, 0) is 0 Å². The van der Waals surface area contributed by atoms with Gasteiger partial charge in [-0.1, -0.05) is 24.6 Å². The van der Waals surface area contributed by atoms with Gasteiger partial charge in [0.25, 0.3) is 0 Å². The lowest BCUT2D eigenvalue weighted by Crippen LogP contribution is -2.23. The highest BCUT2D eigenvalue weighted by Gasteiger charge is 2.09. The number of hydrogen-bond donors (Lipinski definition) is 2. The molecule has 1 heterocycles. The van der Waals surface area contributed by atoms with E-state index in [1.165, 1.54) is 0 Å². The van der Waals surface area contributed by atoms with Gasteiger partial charge in [0.05, 0.1) is 30.4 Å². The number of anilines is 1. The van der Waals surface area contributed by atoms with Gasteiger partial charge in [-0.25, -0.2) is 4.98 Å². The molecule has 5 heteroatoms. The van der Waals surface area contributed by atoms with E-state index in [2.05, 4.69) is 41.5 Å². The predicted molar refractivity (Wildman–Crippen MR) is 113 cm³/mol. The quantitative estimate of drug-likeness (QED) is 0.420. The fourth-order valence-electron chi connectivity index (χ4n) is 3.37. The van der Waals surface area contributed by atoms with E-state index in [1.54, 1.807) is 7.11 Å². The Labute approximate surface area is 161 Å². The highest BCUT2D eigenvalue weighted by molar-refractivity contribution is 6.07. The van der Waals surface area contributed by atoms with E-state index < -0.39 is 0 Å². The van der Waals surface area contributed by atoms with Crippen LogP contribution in [0, 0.1) is 0 Å². The number of para-hydroxylation sites is 1. The molecule has 0 saturated heterocycles. The van der Waals surface area contributed by atoms with Gasteiger partial charge in [-0.15, -0.1) is 0 Å². The number of pyridine rings is 1. The maximum atomic E-state index is 8.95. The summed E-state index contributed by atoms with van der Waals surface area (Å²) in [4.78, 5) is 6.96. The lowest BCUT2D eigenvalue weighted by atomic mass is 10.1. The summed E-state index contributed by atoms with van der Waals surface area (Å²) in [6, 6.07) is 14.3. The van der Waals surface area contributed by atoms with Crippen LogP contribution in [-0.4, -0.2) is 55.4 Å². The Bertz CT molecular complexity index is 882. The molecule has 5 nitrogen and oxygen atoms in total. The van der Waals surface area contributed by atoms with Crippen molar-refractivity contribution in [2.24, 2.45) is 0 Å². The van der Waals surface area contributed by atoms with Crippen molar-refractivity contribution in [2.45, 2.75) is 19.3 Å². The van der Waals surface area contributed by atoms with Crippen LogP contribution in [0.4, 0.5) is 5.69 Å². The molecule has 0 aliphatic rings. The molecule has 27 heavy (non-hydrogen) atoms. The van der Waals surface area contributed by atoms with Gasteiger partial charge in [0, 0.05) is 23.9 Å². The summed E-state index contributed by atoms with van der Waals surface area (Å²) >= 11 is 0. The van der Waals surface area contributed by atoms with Gasteiger partial charge in [-0.05, 0) is 50.7 Å². The zero-order chi connectivity index (χ0) is 19.1. The summed E-state index contributed by atoms with van der Waals surface area (Å²) in [6.07, 6.45) is 3.41. The van der Waals surface area contributed by atoms with Crippen molar-refractivity contribution in [1.29, 1.82) is 0 Å². The number of ether oxygens (including phenoxy) is 1. The van der Waals surface area contributed by atoms with Crippen LogP contribution in [0.15, 0.2) is 42.5 Å². The molecular formula is C22H29N3O2. The summed E-state index contributed by atoms with van der Waals surface area (Å²) in [7, 11) is 3.74. The smallest absolute Gasteiger partial charge is 0.119 e. The first kappa shape index (κ1) is 19.4. The number of hydrogen-bond acceptors (Lipinski definition) is 5. The van der Waals surface area contributed by atoms with Gasteiger partial charge >= 0.3 is 0 Å². The summed E-state index contributed by atoms with van der Waals surface area (Å²) in [5.41, 5.74) is 3.11. The maximum Gasteiger partial charge on any atom is 0.119 e. The minimum Gasteiger partial charge on any atom is -0.497 e. The number of nitrogens with one attached hydrogen (secondary N) is 1. The molecule has 3 rings (SSSR count). The number of aliphatic hydroxyl groups is 1. The molecule has 2 N–H and O–H groups in total. The minimum atomic E-state index is 0.226. The number of rotatable bonds is 10. The van der Waals surface area contributed by atoms with Crippen LogP contribution in [0.5, 0.6) is 5.75 Å². The first-order valence-electron chi connectivity index (χ1n) is 9.62. The number of nitrogens with zero attached hydrogens (tertiary/aromatic N) is 2. The van der Waals surface area contributed by atoms with Crippen molar-refractivity contribution < 1.29 is 9.84 Å². The third-order valence-corrected chi connectivity index (χ3v) is 4.89. The minimum absolute atomic E-state index is 0.226. The van der Waals surface area contributed by atoms with Crippen molar-refractivity contribution in [3.05, 3.63) is 42.5 Å². The molecule has 0 amide bonds. The number of benzene rings is 2. The van der Waals surface area contributed by atoms with Crippen LogP contribution in [0.25, 0.3) is 21.8 Å². The van der Waals surface area contributed by atoms with Gasteiger partial charge in [0.15, 0.2) is 0 Å². The molecule has 0 atom stereocenters. The van der Waals surface area contributed by atoms with E-state index in [0.717, 1.165) is 72.1 Å². The Balaban J connectivity index is 1.71. The van der Waals surface area contributed by atoms with Crippen LogP contribution in [0.2, 0.25) is 0 Å². The zero-order valence-electron chi connectivity index (χ0n) is 16.2. The second kappa shape index (κ2) is 9.53. The fraction of sp³-hybridized carbons (Fsp3) is 0.409. The van der Waals surface area contributed by atoms with Crippen molar-refractivity contribution >= 4 is 27.5 Å². The number of fused-ring (bicyclic) bond motifs is 2. The maximum absolute atomic E-state index is 8.95. The average Bonchev–Trinajstić information content (AvgIpc) is 2.69. The predicted octanol–water partition coefficient (Wildman–Crippen LogP) is 3.90. The number of aliphatic hydroxyl groups excluding tert-OH is 1. The molecule has 0 radical (unpaired) electrons. The van der Waals surface area contributed by atoms with Crippen LogP contribution >= 0.6 is 0 Å². The Morgan fingerprint density at radius 1 is 1.00 bits per heavy atom. The monoisotopic (exact) mass is 367 g/mol. The summed E-state index contributed by atoms with van der Waals surface area (Å²) in [5.74, 6) is 0.842. The Morgan fingerprint density at radius 2 is 1.81 bits per heavy atom. The van der Waals surface area contributed by atoms with E-state index in [-0.39, 0.29) is 6.61 Å². The van der Waals surface area contributed by atoms with Crippen LogP contribution < -0.4 is 10.1 Å². The van der Waals surface area contributed by atoms with E-state index >= 15 is 0 Å². The zero-order valence-corrected chi connectivity index (χ0v) is 16.2. The van der Waals surface area contributed by atoms with Crippen molar-refractivity contribution in [2.75, 3.05) is 45.7 Å². The highest BCUT2D eigenvalue weighted by Crippen LogP contribution is 2.32. The van der Waals surface area contributed by atoms with Gasteiger partial charge < -0.3 is 20.1 Å². The molecular weight excluding hydrogens is 338 g/mol. The third-order valence-electron chi connectivity index (χ3n) is 4.89. The first-order chi connectivity index (χ1) is 13.2. The van der Waals surface area contributed by atoms with E-state index in [0.29, 0.717) is 0 Å². The molecule has 0 bridgehead atoms. The lowest BCUT2D eigenvalue weighted by molar-refractivity contribution is 0.219. The Hall–Kier alpha value is -2.37. The van der Waals surface area contributed by atoms with Crippen molar-refractivity contribution in [3.63, 3.8) is 0 Å². The lowest BCUT2D eigenvalue weighted by Gasteiger charge is -2.15. The molecule has 1 aromatic heterocycles. The van der Waals surface area contributed by atoms with E-state index in [4.69, 9.17) is 14.8 Å². The number of methoxy groups -OCH3 is 1. The molecule has 0 unspecified atom stereocenters. The number of aromatic nitrogens is 1. The molecule has 0 aliphatic carbocycles.